The summed E-state index contributed by atoms with van der Waals surface area (Å²) in [5.74, 6) is 0. The van der Waals surface area contributed by atoms with E-state index in [4.69, 9.17) is 0 Å². The molecular weight excluding hydrogens is 155 g/mol. The molecule has 0 radical (unpaired) electrons. The number of rotatable bonds is 4. The van der Waals surface area contributed by atoms with Gasteiger partial charge in [0.25, 0.3) is 8.03 Å². The quantitative estimate of drug-likeness (QED) is 0.596. The van der Waals surface area contributed by atoms with Gasteiger partial charge in [-0.25, -0.2) is 4.79 Å². The normalized spacial score (nSPS) is 12.6. The molecule has 60 valence electrons. The molecule has 0 N–H and O–H groups in total. The fourth-order valence-electron chi connectivity index (χ4n) is 0.337. The third-order valence-electron chi connectivity index (χ3n) is 0.789. The second-order valence-electron chi connectivity index (χ2n) is 1.63. The lowest BCUT2D eigenvalue weighted by Gasteiger charge is -1.98. The largest absolute Gasteiger partial charge is 0.462 e. The number of ether oxygens (including phenoxy) is 1. The summed E-state index contributed by atoms with van der Waals surface area (Å²) in [6.07, 6.45) is 0.743. The fraction of sp³-hybridized carbons (Fsp3) is 0.800. The van der Waals surface area contributed by atoms with Crippen molar-refractivity contribution in [3.05, 3.63) is 0 Å². The summed E-state index contributed by atoms with van der Waals surface area (Å²) in [7, 11) is -1.41. The second-order valence-corrected chi connectivity index (χ2v) is 2.90. The summed E-state index contributed by atoms with van der Waals surface area (Å²) in [4.78, 5) is 10.4. The van der Waals surface area contributed by atoms with Crippen LogP contribution in [0.25, 0.3) is 0 Å². The van der Waals surface area contributed by atoms with Crippen LogP contribution in [-0.2, 0) is 13.8 Å². The fourth-order valence-corrected chi connectivity index (χ4v) is 1.01. The Balaban J connectivity index is 3.52. The highest BCUT2D eigenvalue weighted by molar-refractivity contribution is 7.58. The Bertz CT molecular complexity index is 134. The monoisotopic (exact) mass is 166 g/mol. The molecule has 0 saturated heterocycles. The molecule has 0 fully saturated rings. The van der Waals surface area contributed by atoms with Crippen LogP contribution in [0.5, 0.6) is 0 Å². The van der Waals surface area contributed by atoms with Crippen LogP contribution in [0.1, 0.15) is 13.3 Å². The lowest BCUT2D eigenvalue weighted by atomic mass is 10.5. The molecule has 0 spiro atoms. The minimum Gasteiger partial charge on any atom is -0.462 e. The van der Waals surface area contributed by atoms with Gasteiger partial charge in [-0.2, -0.15) is 0 Å². The first-order valence-corrected chi connectivity index (χ1v) is 4.29. The van der Waals surface area contributed by atoms with Crippen molar-refractivity contribution in [2.24, 2.45) is 0 Å². The molecular formula is C5H11O4P. The Labute approximate surface area is 60.4 Å². The van der Waals surface area contributed by atoms with Gasteiger partial charge < -0.3 is 9.26 Å². The summed E-state index contributed by atoms with van der Waals surface area (Å²) in [6, 6.07) is 0. The van der Waals surface area contributed by atoms with E-state index in [9.17, 15) is 9.36 Å². The van der Waals surface area contributed by atoms with Gasteiger partial charge in [0, 0.05) is 0 Å². The first-order valence-electron chi connectivity index (χ1n) is 2.97. The number of carbonyl (C=O) groups is 1. The maximum atomic E-state index is 10.6. The van der Waals surface area contributed by atoms with Gasteiger partial charge in [0.05, 0.1) is 13.7 Å². The van der Waals surface area contributed by atoms with Gasteiger partial charge in [0.15, 0.2) is 0 Å². The lowest BCUT2D eigenvalue weighted by Crippen LogP contribution is -1.93. The van der Waals surface area contributed by atoms with E-state index in [1.807, 2.05) is 6.92 Å². The van der Waals surface area contributed by atoms with Gasteiger partial charge >= 0.3 is 5.71 Å². The maximum Gasteiger partial charge on any atom is 0.388 e. The SMILES string of the molecule is CCCO[PH](=O)C(=O)OC. The summed E-state index contributed by atoms with van der Waals surface area (Å²) >= 11 is 0. The molecule has 5 heteroatoms. The van der Waals surface area contributed by atoms with E-state index in [1.54, 1.807) is 0 Å². The predicted octanol–water partition coefficient (Wildman–Crippen LogP) is 1.65. The third-order valence-corrected chi connectivity index (χ3v) is 1.79. The first kappa shape index (κ1) is 9.66. The standard InChI is InChI=1S/C5H11O4P/c1-3-4-9-10(7)5(6)8-2/h10H,3-4H2,1-2H3. The molecule has 10 heavy (non-hydrogen) atoms. The topological polar surface area (TPSA) is 52.6 Å². The molecule has 0 amide bonds. The van der Waals surface area contributed by atoms with Gasteiger partial charge in [0.1, 0.15) is 0 Å². The molecule has 0 aromatic rings. The summed E-state index contributed by atoms with van der Waals surface area (Å²) in [5.41, 5.74) is -0.765. The van der Waals surface area contributed by atoms with Crippen LogP contribution in [-0.4, -0.2) is 19.4 Å². The summed E-state index contributed by atoms with van der Waals surface area (Å²) < 4.78 is 19.4. The van der Waals surface area contributed by atoms with Crippen molar-refractivity contribution >= 4 is 13.7 Å². The van der Waals surface area contributed by atoms with Crippen molar-refractivity contribution in [3.8, 4) is 0 Å². The number of hydrogen-bond acceptors (Lipinski definition) is 4. The average molecular weight is 166 g/mol. The smallest absolute Gasteiger partial charge is 0.388 e. The van der Waals surface area contributed by atoms with Gasteiger partial charge in [-0.15, -0.1) is 0 Å². The highest BCUT2D eigenvalue weighted by Crippen LogP contribution is 2.24. The van der Waals surface area contributed by atoms with Crippen molar-refractivity contribution in [2.75, 3.05) is 13.7 Å². The summed E-state index contributed by atoms with van der Waals surface area (Å²) in [5, 5.41) is 0. The van der Waals surface area contributed by atoms with Crippen molar-refractivity contribution in [1.29, 1.82) is 0 Å². The summed E-state index contributed by atoms with van der Waals surface area (Å²) in [6.45, 7) is 2.21. The van der Waals surface area contributed by atoms with E-state index >= 15 is 0 Å². The second kappa shape index (κ2) is 5.45. The predicted molar refractivity (Wildman–Crippen MR) is 37.6 cm³/mol. The lowest BCUT2D eigenvalue weighted by molar-refractivity contribution is 0.191. The number of hydrogen-bond donors (Lipinski definition) is 0. The van der Waals surface area contributed by atoms with Crippen molar-refractivity contribution in [2.45, 2.75) is 13.3 Å². The van der Waals surface area contributed by atoms with E-state index in [0.29, 0.717) is 6.61 Å². The zero-order chi connectivity index (χ0) is 7.98. The van der Waals surface area contributed by atoms with Crippen molar-refractivity contribution in [3.63, 3.8) is 0 Å². The molecule has 0 bridgehead atoms. The molecule has 0 aromatic carbocycles. The van der Waals surface area contributed by atoms with Crippen LogP contribution in [0.2, 0.25) is 0 Å². The highest BCUT2D eigenvalue weighted by Gasteiger charge is 2.09. The Hall–Kier alpha value is -0.340. The van der Waals surface area contributed by atoms with Crippen LogP contribution in [0, 0.1) is 0 Å². The average Bonchev–Trinajstić information content (AvgIpc) is 1.98. The Morgan fingerprint density at radius 2 is 2.20 bits per heavy atom. The van der Waals surface area contributed by atoms with E-state index in [-0.39, 0.29) is 0 Å². The zero-order valence-corrected chi connectivity index (χ0v) is 7.05. The molecule has 0 rings (SSSR count). The molecule has 1 atom stereocenters. The molecule has 0 aliphatic rings. The van der Waals surface area contributed by atoms with Crippen LogP contribution < -0.4 is 0 Å². The Morgan fingerprint density at radius 1 is 1.60 bits per heavy atom. The molecule has 4 nitrogen and oxygen atoms in total. The Kier molecular flexibility index (Phi) is 5.26. The van der Waals surface area contributed by atoms with E-state index in [1.165, 1.54) is 7.11 Å². The number of carbonyl (C=O) groups excluding carboxylic acids is 1. The minimum atomic E-state index is -2.59. The van der Waals surface area contributed by atoms with Gasteiger partial charge in [0.2, 0.25) is 0 Å². The van der Waals surface area contributed by atoms with Crippen molar-refractivity contribution < 1.29 is 18.6 Å². The minimum absolute atomic E-state index is 0.340. The van der Waals surface area contributed by atoms with E-state index in [2.05, 4.69) is 9.26 Å². The van der Waals surface area contributed by atoms with Crippen LogP contribution >= 0.6 is 8.03 Å². The van der Waals surface area contributed by atoms with Crippen LogP contribution in [0.15, 0.2) is 0 Å². The maximum absolute atomic E-state index is 10.6. The van der Waals surface area contributed by atoms with Crippen LogP contribution in [0.4, 0.5) is 4.79 Å². The molecule has 0 saturated carbocycles. The molecule has 0 heterocycles. The Morgan fingerprint density at radius 3 is 2.60 bits per heavy atom. The van der Waals surface area contributed by atoms with Gasteiger partial charge in [-0.1, -0.05) is 6.92 Å². The molecule has 0 aliphatic heterocycles. The first-order chi connectivity index (χ1) is 4.72. The van der Waals surface area contributed by atoms with Gasteiger partial charge in [-0.05, 0) is 6.42 Å². The molecule has 0 aliphatic carbocycles. The molecule has 1 unspecified atom stereocenters. The number of methoxy groups -OCH3 is 1. The van der Waals surface area contributed by atoms with E-state index in [0.717, 1.165) is 6.42 Å². The van der Waals surface area contributed by atoms with E-state index < -0.39 is 13.7 Å². The van der Waals surface area contributed by atoms with Crippen LogP contribution in [0.3, 0.4) is 0 Å². The van der Waals surface area contributed by atoms with Crippen molar-refractivity contribution in [1.82, 2.24) is 0 Å². The zero-order valence-electron chi connectivity index (χ0n) is 6.05. The van der Waals surface area contributed by atoms with Gasteiger partial charge in [-0.3, -0.25) is 4.57 Å². The third kappa shape index (κ3) is 3.64. The molecule has 0 aromatic heterocycles. The highest BCUT2D eigenvalue weighted by atomic mass is 31.1.